The van der Waals surface area contributed by atoms with Crippen molar-refractivity contribution < 1.29 is 4.74 Å². The molecule has 1 unspecified atom stereocenters. The van der Waals surface area contributed by atoms with E-state index in [1.165, 1.54) is 36.9 Å². The standard InChI is InChI=1S/C17H28N2O/c1-5-10-19(16-7-8-16)12-15-11-14(13(2)18-3)6-9-17(15)20-4/h6,9,11,13,16,18H,5,7-8,10,12H2,1-4H3. The Kier molecular flexibility index (Phi) is 5.44. The first kappa shape index (κ1) is 15.3. The fourth-order valence-electron chi connectivity index (χ4n) is 2.69. The van der Waals surface area contributed by atoms with Gasteiger partial charge in [-0.3, -0.25) is 4.90 Å². The van der Waals surface area contributed by atoms with Gasteiger partial charge in [0, 0.05) is 24.2 Å². The average Bonchev–Trinajstić information content (AvgIpc) is 3.30. The van der Waals surface area contributed by atoms with E-state index in [2.05, 4.69) is 42.3 Å². The predicted octanol–water partition coefficient (Wildman–Crippen LogP) is 3.35. The number of benzene rings is 1. The Labute approximate surface area is 123 Å². The van der Waals surface area contributed by atoms with E-state index >= 15 is 0 Å². The van der Waals surface area contributed by atoms with Crippen LogP contribution < -0.4 is 10.1 Å². The molecule has 112 valence electrons. The van der Waals surface area contributed by atoms with Crippen molar-refractivity contribution >= 4 is 0 Å². The van der Waals surface area contributed by atoms with Crippen molar-refractivity contribution in [1.29, 1.82) is 0 Å². The summed E-state index contributed by atoms with van der Waals surface area (Å²) in [4.78, 5) is 2.60. The van der Waals surface area contributed by atoms with Gasteiger partial charge < -0.3 is 10.1 Å². The van der Waals surface area contributed by atoms with E-state index in [0.717, 1.165) is 18.3 Å². The molecular weight excluding hydrogens is 248 g/mol. The molecule has 1 aromatic carbocycles. The van der Waals surface area contributed by atoms with E-state index < -0.39 is 0 Å². The fraction of sp³-hybridized carbons (Fsp3) is 0.647. The van der Waals surface area contributed by atoms with Crippen LogP contribution in [0.2, 0.25) is 0 Å². The summed E-state index contributed by atoms with van der Waals surface area (Å²) < 4.78 is 5.55. The topological polar surface area (TPSA) is 24.5 Å². The smallest absolute Gasteiger partial charge is 0.123 e. The number of methoxy groups -OCH3 is 1. The molecule has 1 atom stereocenters. The Bertz CT molecular complexity index is 429. The summed E-state index contributed by atoms with van der Waals surface area (Å²) in [6.07, 6.45) is 3.93. The van der Waals surface area contributed by atoms with E-state index in [-0.39, 0.29) is 0 Å². The van der Waals surface area contributed by atoms with E-state index in [1.807, 2.05) is 7.05 Å². The second-order valence-electron chi connectivity index (χ2n) is 5.78. The molecule has 1 N–H and O–H groups in total. The van der Waals surface area contributed by atoms with E-state index in [9.17, 15) is 0 Å². The predicted molar refractivity (Wildman–Crippen MR) is 84.2 cm³/mol. The molecule has 0 saturated heterocycles. The van der Waals surface area contributed by atoms with Gasteiger partial charge in [-0.05, 0) is 57.5 Å². The molecule has 1 aromatic rings. The first-order chi connectivity index (χ1) is 9.69. The van der Waals surface area contributed by atoms with Crippen LogP contribution in [0.5, 0.6) is 5.75 Å². The van der Waals surface area contributed by atoms with Gasteiger partial charge in [0.05, 0.1) is 7.11 Å². The molecule has 1 aliphatic rings. The zero-order valence-corrected chi connectivity index (χ0v) is 13.3. The highest BCUT2D eigenvalue weighted by Gasteiger charge is 2.28. The number of hydrogen-bond acceptors (Lipinski definition) is 3. The second-order valence-corrected chi connectivity index (χ2v) is 5.78. The molecule has 1 aliphatic carbocycles. The van der Waals surface area contributed by atoms with Crippen LogP contribution in [0, 0.1) is 0 Å². The molecule has 20 heavy (non-hydrogen) atoms. The summed E-state index contributed by atoms with van der Waals surface area (Å²) in [5, 5.41) is 3.31. The van der Waals surface area contributed by atoms with Crippen LogP contribution in [0.3, 0.4) is 0 Å². The quantitative estimate of drug-likeness (QED) is 0.788. The summed E-state index contributed by atoms with van der Waals surface area (Å²) in [5.74, 6) is 1.01. The molecule has 1 saturated carbocycles. The van der Waals surface area contributed by atoms with Gasteiger partial charge in [-0.25, -0.2) is 0 Å². The van der Waals surface area contributed by atoms with Crippen LogP contribution in [-0.2, 0) is 6.54 Å². The molecule has 0 amide bonds. The van der Waals surface area contributed by atoms with Crippen LogP contribution >= 0.6 is 0 Å². The SMILES string of the molecule is CCCN(Cc1cc(C(C)NC)ccc1OC)C1CC1. The van der Waals surface area contributed by atoms with Gasteiger partial charge in [-0.15, -0.1) is 0 Å². The summed E-state index contributed by atoms with van der Waals surface area (Å²) >= 11 is 0. The second kappa shape index (κ2) is 7.09. The zero-order valence-electron chi connectivity index (χ0n) is 13.3. The Morgan fingerprint density at radius 2 is 2.15 bits per heavy atom. The lowest BCUT2D eigenvalue weighted by atomic mass is 10.0. The molecule has 0 radical (unpaired) electrons. The number of rotatable bonds is 8. The van der Waals surface area contributed by atoms with E-state index in [1.54, 1.807) is 7.11 Å². The highest BCUT2D eigenvalue weighted by molar-refractivity contribution is 5.38. The number of nitrogens with zero attached hydrogens (tertiary/aromatic N) is 1. The highest BCUT2D eigenvalue weighted by atomic mass is 16.5. The van der Waals surface area contributed by atoms with Crippen molar-refractivity contribution in [2.24, 2.45) is 0 Å². The highest BCUT2D eigenvalue weighted by Crippen LogP contribution is 2.31. The lowest BCUT2D eigenvalue weighted by Gasteiger charge is -2.23. The minimum Gasteiger partial charge on any atom is -0.496 e. The van der Waals surface area contributed by atoms with Gasteiger partial charge in [0.25, 0.3) is 0 Å². The Balaban J connectivity index is 2.18. The average molecular weight is 276 g/mol. The fourth-order valence-corrected chi connectivity index (χ4v) is 2.69. The molecular formula is C17H28N2O. The van der Waals surface area contributed by atoms with Crippen molar-refractivity contribution in [3.8, 4) is 5.75 Å². The monoisotopic (exact) mass is 276 g/mol. The third-order valence-corrected chi connectivity index (χ3v) is 4.18. The Hall–Kier alpha value is -1.06. The van der Waals surface area contributed by atoms with Crippen molar-refractivity contribution in [1.82, 2.24) is 10.2 Å². The van der Waals surface area contributed by atoms with Gasteiger partial charge in [0.2, 0.25) is 0 Å². The maximum Gasteiger partial charge on any atom is 0.123 e. The maximum absolute atomic E-state index is 5.55. The molecule has 2 rings (SSSR count). The largest absolute Gasteiger partial charge is 0.496 e. The molecule has 0 heterocycles. The van der Waals surface area contributed by atoms with Crippen LogP contribution in [-0.4, -0.2) is 31.6 Å². The molecule has 3 heteroatoms. The normalized spacial score (nSPS) is 16.4. The number of nitrogens with one attached hydrogen (secondary N) is 1. The molecule has 3 nitrogen and oxygen atoms in total. The Morgan fingerprint density at radius 1 is 1.40 bits per heavy atom. The van der Waals surface area contributed by atoms with Gasteiger partial charge >= 0.3 is 0 Å². The van der Waals surface area contributed by atoms with Gasteiger partial charge in [-0.2, -0.15) is 0 Å². The molecule has 0 aliphatic heterocycles. The van der Waals surface area contributed by atoms with Crippen molar-refractivity contribution in [2.75, 3.05) is 20.7 Å². The molecule has 0 spiro atoms. The van der Waals surface area contributed by atoms with Gasteiger partial charge in [-0.1, -0.05) is 13.0 Å². The van der Waals surface area contributed by atoms with Gasteiger partial charge in [0.1, 0.15) is 5.75 Å². The Morgan fingerprint density at radius 3 is 2.70 bits per heavy atom. The van der Waals surface area contributed by atoms with Crippen LogP contribution in [0.25, 0.3) is 0 Å². The van der Waals surface area contributed by atoms with Crippen molar-refractivity contribution in [3.05, 3.63) is 29.3 Å². The summed E-state index contributed by atoms with van der Waals surface area (Å²) in [5.41, 5.74) is 2.64. The molecule has 0 aromatic heterocycles. The molecule has 0 bridgehead atoms. The van der Waals surface area contributed by atoms with Gasteiger partial charge in [0.15, 0.2) is 0 Å². The zero-order chi connectivity index (χ0) is 14.5. The first-order valence-corrected chi connectivity index (χ1v) is 7.77. The van der Waals surface area contributed by atoms with Crippen LogP contribution in [0.4, 0.5) is 0 Å². The lowest BCUT2D eigenvalue weighted by Crippen LogP contribution is -2.26. The third-order valence-electron chi connectivity index (χ3n) is 4.18. The summed E-state index contributed by atoms with van der Waals surface area (Å²) in [7, 11) is 3.77. The van der Waals surface area contributed by atoms with Crippen LogP contribution in [0.1, 0.15) is 50.3 Å². The third kappa shape index (κ3) is 3.74. The summed E-state index contributed by atoms with van der Waals surface area (Å²) in [6.45, 7) is 6.63. The number of hydrogen-bond donors (Lipinski definition) is 1. The number of ether oxygens (including phenoxy) is 1. The first-order valence-electron chi connectivity index (χ1n) is 7.77. The maximum atomic E-state index is 5.55. The van der Waals surface area contributed by atoms with Crippen molar-refractivity contribution in [3.63, 3.8) is 0 Å². The summed E-state index contributed by atoms with van der Waals surface area (Å²) in [6, 6.07) is 7.73. The van der Waals surface area contributed by atoms with E-state index in [0.29, 0.717) is 6.04 Å². The minimum atomic E-state index is 0.375. The van der Waals surface area contributed by atoms with Crippen LogP contribution in [0.15, 0.2) is 18.2 Å². The lowest BCUT2D eigenvalue weighted by molar-refractivity contribution is 0.251. The molecule has 1 fully saturated rings. The van der Waals surface area contributed by atoms with Crippen molar-refractivity contribution in [2.45, 2.75) is 51.7 Å². The van der Waals surface area contributed by atoms with E-state index in [4.69, 9.17) is 4.74 Å². The minimum absolute atomic E-state index is 0.375.